The summed E-state index contributed by atoms with van der Waals surface area (Å²) in [6.07, 6.45) is 7.28. The molecule has 114 valence electrons. The van der Waals surface area contributed by atoms with Gasteiger partial charge in [-0.1, -0.05) is 26.2 Å². The predicted molar refractivity (Wildman–Crippen MR) is 85.2 cm³/mol. The summed E-state index contributed by atoms with van der Waals surface area (Å²) in [7, 11) is 0. The molecule has 1 saturated carbocycles. The Bertz CT molecular complexity index is 393. The third kappa shape index (κ3) is 3.60. The summed E-state index contributed by atoms with van der Waals surface area (Å²) in [5, 5.41) is 6.91. The number of hydrogen-bond acceptors (Lipinski definition) is 4. The van der Waals surface area contributed by atoms with Crippen LogP contribution in [0.3, 0.4) is 0 Å². The van der Waals surface area contributed by atoms with Crippen LogP contribution < -0.4 is 5.32 Å². The molecule has 1 aromatic rings. The van der Waals surface area contributed by atoms with Gasteiger partial charge in [0.05, 0.1) is 5.69 Å². The minimum Gasteiger partial charge on any atom is -0.368 e. The molecule has 2 rings (SSSR count). The lowest BCUT2D eigenvalue weighted by Crippen LogP contribution is -2.32. The molecule has 4 heteroatoms. The van der Waals surface area contributed by atoms with Gasteiger partial charge in [-0.25, -0.2) is 4.98 Å². The summed E-state index contributed by atoms with van der Waals surface area (Å²) < 4.78 is 6.16. The highest BCUT2D eigenvalue weighted by atomic mass is 32.1. The molecule has 1 heterocycles. The van der Waals surface area contributed by atoms with Gasteiger partial charge in [-0.3, -0.25) is 0 Å². The van der Waals surface area contributed by atoms with Crippen LogP contribution in [0.4, 0.5) is 0 Å². The van der Waals surface area contributed by atoms with Gasteiger partial charge in [0.25, 0.3) is 0 Å². The third-order valence-electron chi connectivity index (χ3n) is 4.14. The Morgan fingerprint density at radius 2 is 2.10 bits per heavy atom. The molecule has 1 N–H and O–H groups in total. The van der Waals surface area contributed by atoms with Crippen LogP contribution >= 0.6 is 11.3 Å². The van der Waals surface area contributed by atoms with Crippen molar-refractivity contribution in [1.82, 2.24) is 10.3 Å². The number of aromatic nitrogens is 1. The Morgan fingerprint density at radius 1 is 1.35 bits per heavy atom. The summed E-state index contributed by atoms with van der Waals surface area (Å²) in [6.45, 7) is 8.31. The maximum absolute atomic E-state index is 6.16. The first-order chi connectivity index (χ1) is 9.72. The maximum atomic E-state index is 6.16. The molecule has 0 bridgehead atoms. The third-order valence-corrected chi connectivity index (χ3v) is 5.18. The lowest BCUT2D eigenvalue weighted by Gasteiger charge is -2.35. The molecule has 0 aliphatic heterocycles. The molecule has 1 aromatic heterocycles. The molecule has 0 radical (unpaired) electrons. The fourth-order valence-corrected chi connectivity index (χ4v) is 4.10. The van der Waals surface area contributed by atoms with Gasteiger partial charge in [0.2, 0.25) is 0 Å². The van der Waals surface area contributed by atoms with Crippen molar-refractivity contribution in [2.45, 2.75) is 70.9 Å². The van der Waals surface area contributed by atoms with Gasteiger partial charge in [0.15, 0.2) is 0 Å². The van der Waals surface area contributed by atoms with Crippen molar-refractivity contribution in [1.29, 1.82) is 0 Å². The zero-order valence-corrected chi connectivity index (χ0v) is 13.9. The molecule has 20 heavy (non-hydrogen) atoms. The van der Waals surface area contributed by atoms with Crippen molar-refractivity contribution in [3.8, 4) is 0 Å². The van der Waals surface area contributed by atoms with E-state index in [4.69, 9.17) is 9.72 Å². The van der Waals surface area contributed by atoms with Crippen molar-refractivity contribution in [3.63, 3.8) is 0 Å². The van der Waals surface area contributed by atoms with E-state index in [1.807, 2.05) is 0 Å². The van der Waals surface area contributed by atoms with Crippen molar-refractivity contribution in [2.75, 3.05) is 13.2 Å². The second-order valence-corrected chi connectivity index (χ2v) is 6.60. The van der Waals surface area contributed by atoms with Crippen LogP contribution in [-0.4, -0.2) is 18.1 Å². The van der Waals surface area contributed by atoms with Crippen LogP contribution in [0, 0.1) is 0 Å². The number of thiazole rings is 1. The average Bonchev–Trinajstić information content (AvgIpc) is 2.96. The van der Waals surface area contributed by atoms with E-state index in [1.54, 1.807) is 11.3 Å². The lowest BCUT2D eigenvalue weighted by atomic mass is 9.85. The fraction of sp³-hybridized carbons (Fsp3) is 0.812. The van der Waals surface area contributed by atoms with Gasteiger partial charge in [0.1, 0.15) is 10.6 Å². The number of hydrogen-bond donors (Lipinski definition) is 1. The van der Waals surface area contributed by atoms with Crippen molar-refractivity contribution < 1.29 is 4.74 Å². The fourth-order valence-electron chi connectivity index (χ4n) is 2.98. The highest BCUT2D eigenvalue weighted by Crippen LogP contribution is 2.42. The first-order valence-corrected chi connectivity index (χ1v) is 8.93. The Hall–Kier alpha value is -0.450. The minimum absolute atomic E-state index is 0.0968. The monoisotopic (exact) mass is 296 g/mol. The van der Waals surface area contributed by atoms with Crippen LogP contribution in [0.1, 0.15) is 76.0 Å². The molecule has 0 saturated heterocycles. The van der Waals surface area contributed by atoms with Gasteiger partial charge >= 0.3 is 0 Å². The molecule has 1 fully saturated rings. The zero-order chi connectivity index (χ0) is 14.4. The van der Waals surface area contributed by atoms with Crippen molar-refractivity contribution in [2.24, 2.45) is 0 Å². The minimum atomic E-state index is -0.0968. The summed E-state index contributed by atoms with van der Waals surface area (Å²) in [5.41, 5.74) is 1.07. The van der Waals surface area contributed by atoms with Gasteiger partial charge in [-0.15, -0.1) is 11.3 Å². The quantitative estimate of drug-likeness (QED) is 0.810. The number of rotatable bonds is 7. The van der Waals surface area contributed by atoms with E-state index in [0.29, 0.717) is 6.04 Å². The maximum Gasteiger partial charge on any atom is 0.125 e. The summed E-state index contributed by atoms with van der Waals surface area (Å²) in [4.78, 5) is 4.91. The second-order valence-electron chi connectivity index (χ2n) is 5.74. The highest BCUT2D eigenvalue weighted by Gasteiger charge is 2.37. The van der Waals surface area contributed by atoms with Crippen LogP contribution in [-0.2, 0) is 10.3 Å². The first-order valence-electron chi connectivity index (χ1n) is 8.05. The Kier molecular flexibility index (Phi) is 6.00. The first kappa shape index (κ1) is 15.9. The highest BCUT2D eigenvalue weighted by molar-refractivity contribution is 7.09. The van der Waals surface area contributed by atoms with Gasteiger partial charge in [-0.2, -0.15) is 0 Å². The van der Waals surface area contributed by atoms with Crippen LogP contribution in [0.25, 0.3) is 0 Å². The molecule has 1 aliphatic rings. The number of ether oxygens (including phenoxy) is 1. The van der Waals surface area contributed by atoms with Crippen LogP contribution in [0.2, 0.25) is 0 Å². The van der Waals surface area contributed by atoms with Crippen molar-refractivity contribution >= 4 is 11.3 Å². The SMILES string of the molecule is CCCNC(C)c1csc(C2(OCC)CCCCC2)n1. The van der Waals surface area contributed by atoms with E-state index in [-0.39, 0.29) is 5.60 Å². The molecule has 0 aromatic carbocycles. The van der Waals surface area contributed by atoms with Gasteiger partial charge < -0.3 is 10.1 Å². The summed E-state index contributed by atoms with van der Waals surface area (Å²) in [5.74, 6) is 0. The topological polar surface area (TPSA) is 34.1 Å². The average molecular weight is 296 g/mol. The molecule has 3 nitrogen and oxygen atoms in total. The van der Waals surface area contributed by atoms with Crippen LogP contribution in [0.15, 0.2) is 5.38 Å². The van der Waals surface area contributed by atoms with Gasteiger partial charge in [-0.05, 0) is 39.7 Å². The Labute approximate surface area is 127 Å². The Balaban J connectivity index is 2.12. The molecular formula is C16H28N2OS. The van der Waals surface area contributed by atoms with Crippen molar-refractivity contribution in [3.05, 3.63) is 16.1 Å². The van der Waals surface area contributed by atoms with E-state index < -0.39 is 0 Å². The predicted octanol–water partition coefficient (Wildman–Crippen LogP) is 4.40. The molecule has 1 aliphatic carbocycles. The molecule has 0 spiro atoms. The standard InChI is InChI=1S/C16H28N2OS/c1-4-11-17-13(3)14-12-20-15(18-14)16(19-5-2)9-7-6-8-10-16/h12-13,17H,4-11H2,1-3H3. The summed E-state index contributed by atoms with van der Waals surface area (Å²) in [6, 6.07) is 0.335. The second kappa shape index (κ2) is 7.53. The molecule has 1 atom stereocenters. The normalized spacial score (nSPS) is 19.9. The molecular weight excluding hydrogens is 268 g/mol. The van der Waals surface area contributed by atoms with E-state index in [9.17, 15) is 0 Å². The number of nitrogens with one attached hydrogen (secondary N) is 1. The van der Waals surface area contributed by atoms with Crippen LogP contribution in [0.5, 0.6) is 0 Å². The van der Waals surface area contributed by atoms with Gasteiger partial charge in [0, 0.05) is 18.0 Å². The zero-order valence-electron chi connectivity index (χ0n) is 13.1. The molecule has 0 amide bonds. The largest absolute Gasteiger partial charge is 0.368 e. The van der Waals surface area contributed by atoms with E-state index in [1.165, 1.54) is 30.0 Å². The summed E-state index contributed by atoms with van der Waals surface area (Å²) >= 11 is 1.78. The number of nitrogens with zero attached hydrogens (tertiary/aromatic N) is 1. The van der Waals surface area contributed by atoms with E-state index in [2.05, 4.69) is 31.5 Å². The molecule has 1 unspecified atom stereocenters. The smallest absolute Gasteiger partial charge is 0.125 e. The Morgan fingerprint density at radius 3 is 2.75 bits per heavy atom. The lowest BCUT2D eigenvalue weighted by molar-refractivity contribution is -0.0705. The van der Waals surface area contributed by atoms with E-state index >= 15 is 0 Å². The van der Waals surface area contributed by atoms with E-state index in [0.717, 1.165) is 32.4 Å².